The van der Waals surface area contributed by atoms with Crippen LogP contribution in [0.2, 0.25) is 0 Å². The summed E-state index contributed by atoms with van der Waals surface area (Å²) in [5.41, 5.74) is -4.18. The van der Waals surface area contributed by atoms with Crippen LogP contribution < -0.4 is 10.6 Å². The first-order valence-corrected chi connectivity index (χ1v) is 11.5. The number of nitrogens with one attached hydrogen (secondary N) is 2. The second-order valence-corrected chi connectivity index (χ2v) is 9.10. The predicted molar refractivity (Wildman–Crippen MR) is 127 cm³/mol. The SMILES string of the molecule is C=CC1(CNC(C=C)(CO[C@H](C)c2cc(C(F)(F)F)cc(C(F)(F)F)c2)c2ccccc2)CCC(=O)N1. The molecule has 0 saturated carbocycles. The van der Waals surface area contributed by atoms with Gasteiger partial charge in [-0.3, -0.25) is 10.1 Å². The summed E-state index contributed by atoms with van der Waals surface area (Å²) in [6.07, 6.45) is -7.01. The maximum atomic E-state index is 13.3. The first-order chi connectivity index (χ1) is 17.2. The normalized spacial score (nSPS) is 20.7. The second kappa shape index (κ2) is 10.7. The predicted octanol–water partition coefficient (Wildman–Crippen LogP) is 6.31. The molecule has 0 aliphatic carbocycles. The van der Waals surface area contributed by atoms with Crippen LogP contribution in [0.1, 0.15) is 48.1 Å². The van der Waals surface area contributed by atoms with Crippen LogP contribution in [0.15, 0.2) is 73.8 Å². The Kier molecular flexibility index (Phi) is 8.24. The third-order valence-electron chi connectivity index (χ3n) is 6.57. The lowest BCUT2D eigenvalue weighted by Crippen LogP contribution is -2.55. The number of ether oxygens (including phenoxy) is 1. The minimum absolute atomic E-state index is 0.0837. The summed E-state index contributed by atoms with van der Waals surface area (Å²) in [6.45, 7) is 9.19. The Morgan fingerprint density at radius 1 is 1.03 bits per heavy atom. The van der Waals surface area contributed by atoms with Crippen molar-refractivity contribution in [2.24, 2.45) is 0 Å². The van der Waals surface area contributed by atoms with Crippen LogP contribution in [0.4, 0.5) is 26.3 Å². The van der Waals surface area contributed by atoms with E-state index in [0.29, 0.717) is 30.5 Å². The molecule has 10 heteroatoms. The zero-order valence-corrected chi connectivity index (χ0v) is 20.2. The van der Waals surface area contributed by atoms with E-state index >= 15 is 0 Å². The van der Waals surface area contributed by atoms with Gasteiger partial charge in [-0.25, -0.2) is 0 Å². The van der Waals surface area contributed by atoms with Crippen molar-refractivity contribution < 1.29 is 35.9 Å². The molecule has 0 bridgehead atoms. The van der Waals surface area contributed by atoms with Crippen molar-refractivity contribution in [3.05, 3.63) is 96.1 Å². The number of halogens is 6. The number of carbonyl (C=O) groups excluding carboxylic acids is 1. The molecule has 1 fully saturated rings. The molecule has 1 aliphatic rings. The van der Waals surface area contributed by atoms with Gasteiger partial charge in [-0.05, 0) is 42.7 Å². The van der Waals surface area contributed by atoms with E-state index in [2.05, 4.69) is 23.8 Å². The van der Waals surface area contributed by atoms with E-state index in [-0.39, 0.29) is 30.7 Å². The number of hydrogen-bond acceptors (Lipinski definition) is 3. The summed E-state index contributed by atoms with van der Waals surface area (Å²) in [7, 11) is 0. The molecule has 1 heterocycles. The monoisotopic (exact) mass is 526 g/mol. The Balaban J connectivity index is 1.91. The van der Waals surface area contributed by atoms with Crippen molar-refractivity contribution in [1.82, 2.24) is 10.6 Å². The van der Waals surface area contributed by atoms with Crippen molar-refractivity contribution in [1.29, 1.82) is 0 Å². The minimum Gasteiger partial charge on any atom is -0.371 e. The highest BCUT2D eigenvalue weighted by atomic mass is 19.4. The lowest BCUT2D eigenvalue weighted by atomic mass is 9.88. The van der Waals surface area contributed by atoms with E-state index < -0.39 is 40.7 Å². The van der Waals surface area contributed by atoms with Gasteiger partial charge in [-0.2, -0.15) is 26.3 Å². The third kappa shape index (κ3) is 6.61. The number of alkyl halides is 6. The van der Waals surface area contributed by atoms with E-state index in [4.69, 9.17) is 4.74 Å². The number of hydrogen-bond donors (Lipinski definition) is 2. The number of carbonyl (C=O) groups is 1. The molecule has 200 valence electrons. The third-order valence-corrected chi connectivity index (χ3v) is 6.57. The summed E-state index contributed by atoms with van der Waals surface area (Å²) in [4.78, 5) is 11.9. The Morgan fingerprint density at radius 2 is 1.62 bits per heavy atom. The molecular formula is C27H28F6N2O2. The zero-order valence-electron chi connectivity index (χ0n) is 20.2. The molecule has 37 heavy (non-hydrogen) atoms. The maximum absolute atomic E-state index is 13.3. The molecular weight excluding hydrogens is 498 g/mol. The zero-order chi connectivity index (χ0) is 27.5. The lowest BCUT2D eigenvalue weighted by molar-refractivity contribution is -0.143. The number of benzene rings is 2. The van der Waals surface area contributed by atoms with Gasteiger partial charge >= 0.3 is 12.4 Å². The van der Waals surface area contributed by atoms with Crippen LogP contribution in [-0.2, 0) is 27.4 Å². The summed E-state index contributed by atoms with van der Waals surface area (Å²) >= 11 is 0. The summed E-state index contributed by atoms with van der Waals surface area (Å²) in [5, 5.41) is 6.23. The molecule has 1 saturated heterocycles. The highest BCUT2D eigenvalue weighted by molar-refractivity contribution is 5.80. The number of rotatable bonds is 10. The largest absolute Gasteiger partial charge is 0.416 e. The van der Waals surface area contributed by atoms with Gasteiger partial charge in [-0.15, -0.1) is 13.2 Å². The van der Waals surface area contributed by atoms with Crippen LogP contribution in [0.25, 0.3) is 0 Å². The van der Waals surface area contributed by atoms with Crippen LogP contribution in [0, 0.1) is 0 Å². The van der Waals surface area contributed by atoms with Crippen molar-refractivity contribution >= 4 is 5.91 Å². The Bertz CT molecular complexity index is 1100. The van der Waals surface area contributed by atoms with Crippen molar-refractivity contribution in [3.63, 3.8) is 0 Å². The highest BCUT2D eigenvalue weighted by Crippen LogP contribution is 2.38. The van der Waals surface area contributed by atoms with Gasteiger partial charge < -0.3 is 10.1 Å². The summed E-state index contributed by atoms with van der Waals surface area (Å²) < 4.78 is 85.9. The van der Waals surface area contributed by atoms with Gasteiger partial charge in [0, 0.05) is 13.0 Å². The van der Waals surface area contributed by atoms with Crippen molar-refractivity contribution in [2.45, 2.75) is 49.3 Å². The average molecular weight is 527 g/mol. The molecule has 2 aromatic carbocycles. The van der Waals surface area contributed by atoms with Crippen molar-refractivity contribution in [2.75, 3.05) is 13.2 Å². The highest BCUT2D eigenvalue weighted by Gasteiger charge is 2.40. The van der Waals surface area contributed by atoms with Gasteiger partial charge in [0.15, 0.2) is 0 Å². The average Bonchev–Trinajstić information content (AvgIpc) is 3.24. The molecule has 0 radical (unpaired) electrons. The van der Waals surface area contributed by atoms with Crippen LogP contribution >= 0.6 is 0 Å². The maximum Gasteiger partial charge on any atom is 0.416 e. The lowest BCUT2D eigenvalue weighted by Gasteiger charge is -2.37. The van der Waals surface area contributed by atoms with Gasteiger partial charge in [0.25, 0.3) is 0 Å². The van der Waals surface area contributed by atoms with E-state index in [1.165, 1.54) is 6.92 Å². The first-order valence-electron chi connectivity index (χ1n) is 11.5. The molecule has 2 aromatic rings. The van der Waals surface area contributed by atoms with Crippen LogP contribution in [-0.4, -0.2) is 24.6 Å². The fraction of sp³-hybridized carbons (Fsp3) is 0.370. The molecule has 3 atom stereocenters. The van der Waals surface area contributed by atoms with Crippen LogP contribution in [0.3, 0.4) is 0 Å². The fourth-order valence-electron chi connectivity index (χ4n) is 4.20. The van der Waals surface area contributed by atoms with Gasteiger partial charge in [0.1, 0.15) is 0 Å². The molecule has 1 amide bonds. The molecule has 1 aliphatic heterocycles. The molecule has 0 spiro atoms. The van der Waals surface area contributed by atoms with Crippen LogP contribution in [0.5, 0.6) is 0 Å². The second-order valence-electron chi connectivity index (χ2n) is 9.10. The quantitative estimate of drug-likeness (QED) is 0.282. The Hall–Kier alpha value is -3.11. The van der Waals surface area contributed by atoms with Crippen molar-refractivity contribution in [3.8, 4) is 0 Å². The molecule has 4 nitrogen and oxygen atoms in total. The van der Waals surface area contributed by atoms with E-state index in [9.17, 15) is 31.1 Å². The number of amides is 1. The molecule has 2 unspecified atom stereocenters. The van der Waals surface area contributed by atoms with Gasteiger partial charge in [0.2, 0.25) is 5.91 Å². The molecule has 0 aromatic heterocycles. The van der Waals surface area contributed by atoms with E-state index in [1.54, 1.807) is 42.5 Å². The van der Waals surface area contributed by atoms with E-state index in [1.807, 2.05) is 0 Å². The Morgan fingerprint density at radius 3 is 2.08 bits per heavy atom. The smallest absolute Gasteiger partial charge is 0.371 e. The van der Waals surface area contributed by atoms with E-state index in [0.717, 1.165) is 0 Å². The topological polar surface area (TPSA) is 50.4 Å². The van der Waals surface area contributed by atoms with Gasteiger partial charge in [0.05, 0.1) is 34.9 Å². The Labute approximate surface area is 211 Å². The summed E-state index contributed by atoms with van der Waals surface area (Å²) in [5.74, 6) is -0.125. The minimum atomic E-state index is -4.96. The molecule has 2 N–H and O–H groups in total. The van der Waals surface area contributed by atoms with Gasteiger partial charge in [-0.1, -0.05) is 42.5 Å². The fourth-order valence-corrected chi connectivity index (χ4v) is 4.20. The summed E-state index contributed by atoms with van der Waals surface area (Å²) in [6, 6.07) is 10.3. The standard InChI is InChI=1S/C27H28F6N2O2/c1-4-24(12-11-23(36)35-24)16-34-25(5-2,20-9-7-6-8-10-20)17-37-18(3)19-13-21(26(28,29)30)15-22(14-19)27(31,32)33/h4-10,13-15,18,34H,1-2,11-12,16-17H2,3H3,(H,35,36)/t18-,24?,25?/m1/s1. The molecule has 3 rings (SSSR count). The first kappa shape index (κ1) is 28.5.